The first kappa shape index (κ1) is 28.1. The minimum atomic E-state index is -1.20. The van der Waals surface area contributed by atoms with Gasteiger partial charge in [-0.25, -0.2) is 4.79 Å². The number of carboxylic acid groups (broad SMARTS) is 1. The van der Waals surface area contributed by atoms with E-state index in [0.29, 0.717) is 18.4 Å². The Balaban J connectivity index is 1.97. The molecule has 0 amide bonds. The standard InChI is InChI=1S/C29H43N3O4/c1-9-21-16-24(32-14-12-28(7,8)13-15-32)22(17-30-21)23-10-11-29(19-31-23,35-18-20(2)3)25(26(33)34)36-27(4,5)6/h9-10,16-17,19-20,25H,1,11-15,18H2,2-8H3,(H,33,34). The minimum Gasteiger partial charge on any atom is -0.479 e. The molecular weight excluding hydrogens is 454 g/mol. The Morgan fingerprint density at radius 2 is 1.94 bits per heavy atom. The molecule has 198 valence electrons. The number of aliphatic imine (C=N–C) groups is 1. The van der Waals surface area contributed by atoms with Gasteiger partial charge in [-0.2, -0.15) is 0 Å². The first-order valence-corrected chi connectivity index (χ1v) is 12.9. The van der Waals surface area contributed by atoms with Crippen LogP contribution in [0.1, 0.15) is 79.0 Å². The van der Waals surface area contributed by atoms with Crippen LogP contribution in [0.4, 0.5) is 5.69 Å². The molecule has 2 aliphatic heterocycles. The maximum Gasteiger partial charge on any atom is 0.336 e. The summed E-state index contributed by atoms with van der Waals surface area (Å²) in [5.74, 6) is -0.832. The van der Waals surface area contributed by atoms with Gasteiger partial charge in [0.25, 0.3) is 0 Å². The Morgan fingerprint density at radius 3 is 2.44 bits per heavy atom. The molecule has 0 bridgehead atoms. The number of aliphatic carboxylic acids is 1. The number of aromatic nitrogens is 1. The monoisotopic (exact) mass is 497 g/mol. The lowest BCUT2D eigenvalue weighted by Gasteiger charge is -2.40. The molecule has 1 aromatic heterocycles. The van der Waals surface area contributed by atoms with Crippen LogP contribution in [0, 0.1) is 11.3 Å². The minimum absolute atomic E-state index is 0.232. The topological polar surface area (TPSA) is 84.2 Å². The Kier molecular flexibility index (Phi) is 8.46. The molecule has 7 nitrogen and oxygen atoms in total. The molecule has 0 aromatic carbocycles. The van der Waals surface area contributed by atoms with E-state index in [1.165, 1.54) is 0 Å². The summed E-state index contributed by atoms with van der Waals surface area (Å²) in [5, 5.41) is 10.1. The summed E-state index contributed by atoms with van der Waals surface area (Å²) in [6.07, 6.45) is 8.56. The highest BCUT2D eigenvalue weighted by Gasteiger charge is 2.47. The third kappa shape index (κ3) is 6.83. The molecule has 0 saturated carbocycles. The van der Waals surface area contributed by atoms with Crippen LogP contribution < -0.4 is 4.90 Å². The number of carbonyl (C=O) groups is 1. The van der Waals surface area contributed by atoms with Crippen molar-refractivity contribution in [2.75, 3.05) is 24.6 Å². The molecular formula is C29H43N3O4. The fraction of sp³-hybridized carbons (Fsp3) is 0.621. The Hall–Kier alpha value is -2.51. The largest absolute Gasteiger partial charge is 0.479 e. The fourth-order valence-corrected chi connectivity index (χ4v) is 4.48. The van der Waals surface area contributed by atoms with Crippen LogP contribution in [0.25, 0.3) is 11.8 Å². The average Bonchev–Trinajstić information content (AvgIpc) is 2.80. The molecule has 0 aliphatic carbocycles. The lowest BCUT2D eigenvalue weighted by atomic mass is 9.82. The van der Waals surface area contributed by atoms with E-state index in [0.717, 1.165) is 48.6 Å². The van der Waals surface area contributed by atoms with Crippen molar-refractivity contribution in [3.05, 3.63) is 36.2 Å². The van der Waals surface area contributed by atoms with Gasteiger partial charge in [-0.15, -0.1) is 0 Å². The third-order valence-electron chi connectivity index (χ3n) is 6.71. The van der Waals surface area contributed by atoms with E-state index in [-0.39, 0.29) is 5.92 Å². The zero-order chi connectivity index (χ0) is 26.7. The second-order valence-electron chi connectivity index (χ2n) is 12.1. The third-order valence-corrected chi connectivity index (χ3v) is 6.71. The van der Waals surface area contributed by atoms with Crippen LogP contribution in [-0.2, 0) is 14.3 Å². The van der Waals surface area contributed by atoms with E-state index in [1.807, 2.05) is 46.9 Å². The van der Waals surface area contributed by atoms with Crippen molar-refractivity contribution in [1.82, 2.24) is 4.98 Å². The first-order valence-electron chi connectivity index (χ1n) is 12.9. The highest BCUT2D eigenvalue weighted by atomic mass is 16.6. The van der Waals surface area contributed by atoms with E-state index in [1.54, 1.807) is 12.3 Å². The molecule has 1 saturated heterocycles. The first-order chi connectivity index (χ1) is 16.8. The second-order valence-corrected chi connectivity index (χ2v) is 12.1. The Bertz CT molecular complexity index is 1010. The van der Waals surface area contributed by atoms with Gasteiger partial charge in [0.2, 0.25) is 0 Å². The molecule has 2 atom stereocenters. The SMILES string of the molecule is C=Cc1cc(N2CCC(C)(C)CC2)c(C2=CCC(OCC(C)C)(C(OC(C)(C)C)C(=O)O)C=N2)cn1. The van der Waals surface area contributed by atoms with Gasteiger partial charge in [-0.1, -0.05) is 40.3 Å². The number of pyridine rings is 1. The fourth-order valence-electron chi connectivity index (χ4n) is 4.48. The van der Waals surface area contributed by atoms with Gasteiger partial charge in [0, 0.05) is 43.2 Å². The summed E-state index contributed by atoms with van der Waals surface area (Å²) >= 11 is 0. The van der Waals surface area contributed by atoms with Crippen LogP contribution in [-0.4, -0.2) is 59.3 Å². The molecule has 2 unspecified atom stereocenters. The number of hydrogen-bond donors (Lipinski definition) is 1. The van der Waals surface area contributed by atoms with Crippen LogP contribution >= 0.6 is 0 Å². The number of nitrogens with zero attached hydrogens (tertiary/aromatic N) is 3. The zero-order valence-corrected chi connectivity index (χ0v) is 23.0. The van der Waals surface area contributed by atoms with Gasteiger partial charge in [0.15, 0.2) is 6.10 Å². The number of rotatable bonds is 9. The summed E-state index contributed by atoms with van der Waals surface area (Å²) in [5.41, 5.74) is 2.07. The van der Waals surface area contributed by atoms with Gasteiger partial charge in [0.05, 0.1) is 23.6 Å². The van der Waals surface area contributed by atoms with Crippen molar-refractivity contribution >= 4 is 29.6 Å². The van der Waals surface area contributed by atoms with Crippen molar-refractivity contribution in [3.8, 4) is 0 Å². The second kappa shape index (κ2) is 10.9. The van der Waals surface area contributed by atoms with Crippen molar-refractivity contribution in [1.29, 1.82) is 0 Å². The number of hydrogen-bond acceptors (Lipinski definition) is 6. The number of ether oxygens (including phenoxy) is 2. The lowest BCUT2D eigenvalue weighted by molar-refractivity contribution is -0.187. The molecule has 1 N–H and O–H groups in total. The quantitative estimate of drug-likeness (QED) is 0.461. The summed E-state index contributed by atoms with van der Waals surface area (Å²) in [7, 11) is 0. The van der Waals surface area contributed by atoms with Gasteiger partial charge in [-0.05, 0) is 57.1 Å². The van der Waals surface area contributed by atoms with Crippen LogP contribution in [0.5, 0.6) is 0 Å². The van der Waals surface area contributed by atoms with Crippen molar-refractivity contribution in [3.63, 3.8) is 0 Å². The number of piperidine rings is 1. The Morgan fingerprint density at radius 1 is 1.28 bits per heavy atom. The van der Waals surface area contributed by atoms with Gasteiger partial charge < -0.3 is 19.5 Å². The lowest BCUT2D eigenvalue weighted by Crippen LogP contribution is -2.55. The smallest absolute Gasteiger partial charge is 0.336 e. The van der Waals surface area contributed by atoms with Crippen LogP contribution in [0.15, 0.2) is 29.9 Å². The molecule has 36 heavy (non-hydrogen) atoms. The van der Waals surface area contributed by atoms with E-state index < -0.39 is 23.3 Å². The highest BCUT2D eigenvalue weighted by Crippen LogP contribution is 2.38. The molecule has 1 fully saturated rings. The predicted octanol–water partition coefficient (Wildman–Crippen LogP) is 5.85. The zero-order valence-electron chi connectivity index (χ0n) is 23.0. The van der Waals surface area contributed by atoms with E-state index in [9.17, 15) is 9.90 Å². The summed E-state index contributed by atoms with van der Waals surface area (Å²) in [6.45, 7) is 20.4. The summed E-state index contributed by atoms with van der Waals surface area (Å²) in [4.78, 5) is 24.1. The highest BCUT2D eigenvalue weighted by molar-refractivity contribution is 5.90. The molecule has 3 rings (SSSR count). The van der Waals surface area contributed by atoms with Crippen LogP contribution in [0.3, 0.4) is 0 Å². The maximum absolute atomic E-state index is 12.3. The Labute approximate surface area is 216 Å². The normalized spacial score (nSPS) is 22.9. The maximum atomic E-state index is 12.3. The number of anilines is 1. The van der Waals surface area contributed by atoms with E-state index in [4.69, 9.17) is 14.5 Å². The van der Waals surface area contributed by atoms with Crippen molar-refractivity contribution < 1.29 is 19.4 Å². The molecule has 3 heterocycles. The van der Waals surface area contributed by atoms with Gasteiger partial charge >= 0.3 is 5.97 Å². The van der Waals surface area contributed by atoms with E-state index >= 15 is 0 Å². The molecule has 7 heteroatoms. The van der Waals surface area contributed by atoms with Crippen molar-refractivity contribution in [2.45, 2.75) is 85.0 Å². The molecule has 2 aliphatic rings. The summed E-state index contributed by atoms with van der Waals surface area (Å²) < 4.78 is 12.3. The van der Waals surface area contributed by atoms with Gasteiger partial charge in [0.1, 0.15) is 5.60 Å². The number of carboxylic acids is 1. The van der Waals surface area contributed by atoms with Crippen LogP contribution in [0.2, 0.25) is 0 Å². The predicted molar refractivity (Wildman–Crippen MR) is 146 cm³/mol. The molecule has 1 aromatic rings. The van der Waals surface area contributed by atoms with E-state index in [2.05, 4.69) is 36.4 Å². The summed E-state index contributed by atoms with van der Waals surface area (Å²) in [6, 6.07) is 2.07. The average molecular weight is 498 g/mol. The van der Waals surface area contributed by atoms with Crippen molar-refractivity contribution in [2.24, 2.45) is 16.3 Å². The molecule has 0 spiro atoms. The van der Waals surface area contributed by atoms with Gasteiger partial charge in [-0.3, -0.25) is 9.98 Å². The molecule has 0 radical (unpaired) electrons.